The van der Waals surface area contributed by atoms with Gasteiger partial charge in [-0.15, -0.1) is 0 Å². The van der Waals surface area contributed by atoms with Crippen LogP contribution in [-0.4, -0.2) is 26.3 Å². The summed E-state index contributed by atoms with van der Waals surface area (Å²) in [5.41, 5.74) is 0.715. The second-order valence-electron chi connectivity index (χ2n) is 3.76. The standard InChI is InChI=1S/C14H19O5P/c1-4-18-20(16,19-5-2)13(14(15)17-3)11-12-9-7-6-8-10-12/h6-11H,4-5H2,1-3H3. The maximum atomic E-state index is 12.7. The number of carbonyl (C=O) groups is 1. The third-order valence-corrected chi connectivity index (χ3v) is 4.49. The van der Waals surface area contributed by atoms with Gasteiger partial charge in [0.25, 0.3) is 0 Å². The van der Waals surface area contributed by atoms with E-state index in [-0.39, 0.29) is 18.5 Å². The number of hydrogen-bond donors (Lipinski definition) is 0. The van der Waals surface area contributed by atoms with Gasteiger partial charge >= 0.3 is 13.6 Å². The molecule has 0 saturated carbocycles. The summed E-state index contributed by atoms with van der Waals surface area (Å²) in [6.45, 7) is 3.70. The Kier molecular flexibility index (Phi) is 6.65. The zero-order valence-corrected chi connectivity index (χ0v) is 12.8. The minimum absolute atomic E-state index is 0.102. The summed E-state index contributed by atoms with van der Waals surface area (Å²) in [5.74, 6) is -0.723. The van der Waals surface area contributed by atoms with Crippen LogP contribution in [0.2, 0.25) is 0 Å². The fourth-order valence-corrected chi connectivity index (χ4v) is 3.23. The number of methoxy groups -OCH3 is 1. The topological polar surface area (TPSA) is 61.8 Å². The molecule has 0 aliphatic heterocycles. The van der Waals surface area contributed by atoms with Gasteiger partial charge in [0.1, 0.15) is 5.31 Å². The van der Waals surface area contributed by atoms with Crippen LogP contribution in [0.4, 0.5) is 0 Å². The first-order valence-corrected chi connectivity index (χ1v) is 7.86. The number of carbonyl (C=O) groups excluding carboxylic acids is 1. The summed E-state index contributed by atoms with van der Waals surface area (Å²) in [5, 5.41) is -0.102. The lowest BCUT2D eigenvalue weighted by molar-refractivity contribution is -0.135. The average molecular weight is 298 g/mol. The number of ether oxygens (including phenoxy) is 1. The van der Waals surface area contributed by atoms with Crippen LogP contribution in [0.3, 0.4) is 0 Å². The minimum atomic E-state index is -3.68. The number of benzene rings is 1. The van der Waals surface area contributed by atoms with Crippen molar-refractivity contribution < 1.29 is 23.1 Å². The highest BCUT2D eigenvalue weighted by Crippen LogP contribution is 2.56. The zero-order valence-electron chi connectivity index (χ0n) is 11.9. The first-order valence-electron chi connectivity index (χ1n) is 6.32. The molecule has 0 aliphatic rings. The van der Waals surface area contributed by atoms with Gasteiger partial charge in [0, 0.05) is 0 Å². The molecule has 1 aromatic rings. The fourth-order valence-electron chi connectivity index (χ4n) is 1.58. The third-order valence-electron chi connectivity index (χ3n) is 2.39. The molecule has 0 radical (unpaired) electrons. The van der Waals surface area contributed by atoms with Crippen molar-refractivity contribution in [1.29, 1.82) is 0 Å². The number of esters is 1. The second kappa shape index (κ2) is 8.00. The van der Waals surface area contributed by atoms with Crippen molar-refractivity contribution in [3.63, 3.8) is 0 Å². The largest absolute Gasteiger partial charge is 0.465 e. The predicted molar refractivity (Wildman–Crippen MR) is 77.3 cm³/mol. The Balaban J connectivity index is 3.27. The Morgan fingerprint density at radius 2 is 1.70 bits per heavy atom. The van der Waals surface area contributed by atoms with Crippen LogP contribution in [0.15, 0.2) is 35.6 Å². The Bertz CT molecular complexity index is 500. The molecule has 1 rings (SSSR count). The van der Waals surface area contributed by atoms with Crippen molar-refractivity contribution in [1.82, 2.24) is 0 Å². The highest BCUT2D eigenvalue weighted by Gasteiger charge is 2.35. The first-order chi connectivity index (χ1) is 9.57. The van der Waals surface area contributed by atoms with Gasteiger partial charge < -0.3 is 13.8 Å². The molecule has 0 unspecified atom stereocenters. The summed E-state index contributed by atoms with van der Waals surface area (Å²) < 4.78 is 27.8. The molecule has 0 amide bonds. The molecule has 0 bridgehead atoms. The predicted octanol–water partition coefficient (Wildman–Crippen LogP) is 3.47. The lowest BCUT2D eigenvalue weighted by Gasteiger charge is -2.18. The molecule has 0 fully saturated rings. The quantitative estimate of drug-likeness (QED) is 0.438. The lowest BCUT2D eigenvalue weighted by atomic mass is 10.2. The van der Waals surface area contributed by atoms with E-state index in [1.807, 2.05) is 18.2 Å². The van der Waals surface area contributed by atoms with E-state index in [2.05, 4.69) is 4.74 Å². The Hall–Kier alpha value is -1.42. The van der Waals surface area contributed by atoms with Crippen molar-refractivity contribution in [2.45, 2.75) is 13.8 Å². The van der Waals surface area contributed by atoms with Crippen LogP contribution in [-0.2, 0) is 23.1 Å². The fraction of sp³-hybridized carbons (Fsp3) is 0.357. The van der Waals surface area contributed by atoms with Crippen molar-refractivity contribution in [2.75, 3.05) is 20.3 Å². The zero-order chi connectivity index (χ0) is 15.0. The summed E-state index contributed by atoms with van der Waals surface area (Å²) >= 11 is 0. The van der Waals surface area contributed by atoms with Crippen molar-refractivity contribution in [3.8, 4) is 0 Å². The van der Waals surface area contributed by atoms with Crippen molar-refractivity contribution >= 4 is 19.6 Å². The number of hydrogen-bond acceptors (Lipinski definition) is 5. The van der Waals surface area contributed by atoms with E-state index in [4.69, 9.17) is 9.05 Å². The summed E-state index contributed by atoms with van der Waals surface area (Å²) in [4.78, 5) is 11.9. The molecule has 0 N–H and O–H groups in total. The minimum Gasteiger partial charge on any atom is -0.465 e. The lowest BCUT2D eigenvalue weighted by Crippen LogP contribution is -2.09. The molecule has 0 heterocycles. The normalized spacial score (nSPS) is 12.2. The molecular weight excluding hydrogens is 279 g/mol. The van der Waals surface area contributed by atoms with E-state index in [1.165, 1.54) is 13.2 Å². The summed E-state index contributed by atoms with van der Waals surface area (Å²) in [6.07, 6.45) is 1.47. The molecule has 0 spiro atoms. The van der Waals surface area contributed by atoms with Crippen LogP contribution >= 0.6 is 7.60 Å². The Labute approximate surface area is 119 Å². The summed E-state index contributed by atoms with van der Waals surface area (Å²) in [7, 11) is -2.46. The van der Waals surface area contributed by atoms with Gasteiger partial charge in [-0.25, -0.2) is 4.79 Å². The van der Waals surface area contributed by atoms with E-state index < -0.39 is 13.6 Å². The van der Waals surface area contributed by atoms with E-state index in [0.717, 1.165) is 0 Å². The van der Waals surface area contributed by atoms with Gasteiger partial charge in [-0.3, -0.25) is 4.57 Å². The van der Waals surface area contributed by atoms with E-state index in [9.17, 15) is 9.36 Å². The van der Waals surface area contributed by atoms with E-state index in [1.54, 1.807) is 26.0 Å². The Morgan fingerprint density at radius 3 is 2.15 bits per heavy atom. The van der Waals surface area contributed by atoms with Crippen LogP contribution in [0, 0.1) is 0 Å². The van der Waals surface area contributed by atoms with Crippen LogP contribution < -0.4 is 0 Å². The van der Waals surface area contributed by atoms with Crippen LogP contribution in [0.25, 0.3) is 6.08 Å². The number of rotatable bonds is 7. The van der Waals surface area contributed by atoms with Gasteiger partial charge in [0.05, 0.1) is 20.3 Å². The van der Waals surface area contributed by atoms with Crippen molar-refractivity contribution in [3.05, 3.63) is 41.2 Å². The summed E-state index contributed by atoms with van der Waals surface area (Å²) in [6, 6.07) is 9.04. The van der Waals surface area contributed by atoms with Gasteiger partial charge in [0.15, 0.2) is 0 Å². The molecule has 110 valence electrons. The SMILES string of the molecule is CCOP(=O)(OCC)C(=Cc1ccccc1)C(=O)OC. The molecule has 0 aliphatic carbocycles. The highest BCUT2D eigenvalue weighted by molar-refractivity contribution is 7.60. The molecule has 0 atom stereocenters. The Morgan fingerprint density at radius 1 is 1.15 bits per heavy atom. The smallest absolute Gasteiger partial charge is 0.368 e. The third kappa shape index (κ3) is 4.30. The highest BCUT2D eigenvalue weighted by atomic mass is 31.2. The van der Waals surface area contributed by atoms with E-state index in [0.29, 0.717) is 5.56 Å². The van der Waals surface area contributed by atoms with Crippen LogP contribution in [0.5, 0.6) is 0 Å². The van der Waals surface area contributed by atoms with Crippen molar-refractivity contribution in [2.24, 2.45) is 0 Å². The van der Waals surface area contributed by atoms with Gasteiger partial charge in [-0.05, 0) is 25.5 Å². The maximum Gasteiger partial charge on any atom is 0.368 e. The monoisotopic (exact) mass is 298 g/mol. The molecule has 5 nitrogen and oxygen atoms in total. The molecular formula is C14H19O5P. The molecule has 0 saturated heterocycles. The first kappa shape index (κ1) is 16.6. The molecule has 6 heteroatoms. The molecule has 20 heavy (non-hydrogen) atoms. The van der Waals surface area contributed by atoms with Gasteiger partial charge in [-0.2, -0.15) is 0 Å². The van der Waals surface area contributed by atoms with E-state index >= 15 is 0 Å². The second-order valence-corrected chi connectivity index (χ2v) is 5.76. The van der Waals surface area contributed by atoms with Gasteiger partial charge in [-0.1, -0.05) is 30.3 Å². The molecule has 0 aromatic heterocycles. The van der Waals surface area contributed by atoms with Gasteiger partial charge in [0.2, 0.25) is 0 Å². The maximum absolute atomic E-state index is 12.7. The van der Waals surface area contributed by atoms with Crippen LogP contribution in [0.1, 0.15) is 19.4 Å². The average Bonchev–Trinajstić information content (AvgIpc) is 2.45. The molecule has 1 aromatic carbocycles.